The molecule has 0 saturated heterocycles. The standard InChI is InChI=1S/C18H17NO4/c20-10-11-21-15-6-8-16(9-7-15)22-13-18-19-12-17(23-18)14-4-2-1-3-5-14/h1-9,12,20H,10-11,13H2. The van der Waals surface area contributed by atoms with Crippen molar-refractivity contribution in [3.63, 3.8) is 0 Å². The van der Waals surface area contributed by atoms with Gasteiger partial charge < -0.3 is 19.0 Å². The van der Waals surface area contributed by atoms with Gasteiger partial charge in [0.05, 0.1) is 12.8 Å². The minimum atomic E-state index is -0.00778. The summed E-state index contributed by atoms with van der Waals surface area (Å²) < 4.78 is 16.6. The van der Waals surface area contributed by atoms with E-state index in [1.54, 1.807) is 30.5 Å². The summed E-state index contributed by atoms with van der Waals surface area (Å²) in [4.78, 5) is 4.22. The summed E-state index contributed by atoms with van der Waals surface area (Å²) in [5.41, 5.74) is 0.983. The lowest BCUT2D eigenvalue weighted by molar-refractivity contribution is 0.201. The van der Waals surface area contributed by atoms with Gasteiger partial charge in [-0.15, -0.1) is 0 Å². The van der Waals surface area contributed by atoms with Gasteiger partial charge in [0.2, 0.25) is 5.89 Å². The van der Waals surface area contributed by atoms with Crippen molar-refractivity contribution in [3.05, 3.63) is 66.7 Å². The molecule has 0 aliphatic heterocycles. The molecule has 3 rings (SSSR count). The van der Waals surface area contributed by atoms with Crippen LogP contribution in [0.5, 0.6) is 11.5 Å². The molecular weight excluding hydrogens is 294 g/mol. The van der Waals surface area contributed by atoms with E-state index in [-0.39, 0.29) is 19.8 Å². The van der Waals surface area contributed by atoms with Gasteiger partial charge in [-0.25, -0.2) is 4.98 Å². The number of oxazole rings is 1. The van der Waals surface area contributed by atoms with Crippen LogP contribution in [-0.2, 0) is 6.61 Å². The van der Waals surface area contributed by atoms with E-state index < -0.39 is 0 Å². The summed E-state index contributed by atoms with van der Waals surface area (Å²) in [5, 5.41) is 8.71. The predicted molar refractivity (Wildman–Crippen MR) is 85.3 cm³/mol. The normalized spacial score (nSPS) is 10.5. The number of nitrogens with zero attached hydrogens (tertiary/aromatic N) is 1. The SMILES string of the molecule is OCCOc1ccc(OCc2ncc(-c3ccccc3)o2)cc1. The summed E-state index contributed by atoms with van der Waals surface area (Å²) in [7, 11) is 0. The minimum Gasteiger partial charge on any atom is -0.491 e. The molecule has 0 bridgehead atoms. The molecule has 0 saturated carbocycles. The molecule has 0 fully saturated rings. The van der Waals surface area contributed by atoms with E-state index in [2.05, 4.69) is 4.98 Å². The molecule has 0 radical (unpaired) electrons. The van der Waals surface area contributed by atoms with Gasteiger partial charge in [-0.1, -0.05) is 30.3 Å². The Bertz CT molecular complexity index is 722. The van der Waals surface area contributed by atoms with Gasteiger partial charge in [0, 0.05) is 5.56 Å². The lowest BCUT2D eigenvalue weighted by atomic mass is 10.2. The zero-order valence-corrected chi connectivity index (χ0v) is 12.5. The van der Waals surface area contributed by atoms with Crippen molar-refractivity contribution in [2.45, 2.75) is 6.61 Å². The van der Waals surface area contributed by atoms with E-state index >= 15 is 0 Å². The number of hydrogen-bond donors (Lipinski definition) is 1. The highest BCUT2D eigenvalue weighted by Crippen LogP contribution is 2.22. The van der Waals surface area contributed by atoms with Gasteiger partial charge in [-0.2, -0.15) is 0 Å². The first kappa shape index (κ1) is 15.1. The van der Waals surface area contributed by atoms with Gasteiger partial charge in [0.15, 0.2) is 12.4 Å². The second-order valence-electron chi connectivity index (χ2n) is 4.82. The van der Waals surface area contributed by atoms with Crippen molar-refractivity contribution >= 4 is 0 Å². The van der Waals surface area contributed by atoms with Crippen molar-refractivity contribution in [2.75, 3.05) is 13.2 Å². The maximum atomic E-state index is 8.71. The second-order valence-corrected chi connectivity index (χ2v) is 4.82. The van der Waals surface area contributed by atoms with Gasteiger partial charge in [0.25, 0.3) is 0 Å². The van der Waals surface area contributed by atoms with Crippen LogP contribution in [0.25, 0.3) is 11.3 Å². The number of benzene rings is 2. The van der Waals surface area contributed by atoms with E-state index in [4.69, 9.17) is 19.0 Å². The second kappa shape index (κ2) is 7.47. The summed E-state index contributed by atoms with van der Waals surface area (Å²) in [6.45, 7) is 0.522. The first-order valence-corrected chi connectivity index (χ1v) is 7.32. The third-order valence-corrected chi connectivity index (χ3v) is 3.16. The quantitative estimate of drug-likeness (QED) is 0.725. The number of hydrogen-bond acceptors (Lipinski definition) is 5. The molecule has 2 aromatic carbocycles. The monoisotopic (exact) mass is 311 g/mol. The largest absolute Gasteiger partial charge is 0.491 e. The molecule has 0 atom stereocenters. The number of aromatic nitrogens is 1. The van der Waals surface area contributed by atoms with Crippen molar-refractivity contribution in [1.29, 1.82) is 0 Å². The van der Waals surface area contributed by atoms with Crippen LogP contribution in [0, 0.1) is 0 Å². The smallest absolute Gasteiger partial charge is 0.232 e. The van der Waals surface area contributed by atoms with Crippen LogP contribution in [0.4, 0.5) is 0 Å². The Morgan fingerprint density at radius 1 is 0.913 bits per heavy atom. The molecule has 0 unspecified atom stereocenters. The fourth-order valence-corrected chi connectivity index (χ4v) is 2.05. The molecule has 1 N–H and O–H groups in total. The Balaban J connectivity index is 1.57. The predicted octanol–water partition coefficient (Wildman–Crippen LogP) is 3.29. The molecule has 1 aromatic heterocycles. The zero-order valence-electron chi connectivity index (χ0n) is 12.5. The van der Waals surface area contributed by atoms with E-state index in [0.717, 1.165) is 11.3 Å². The summed E-state index contributed by atoms with van der Waals surface area (Å²) in [6, 6.07) is 17.0. The van der Waals surface area contributed by atoms with Gasteiger partial charge in [-0.3, -0.25) is 0 Å². The van der Waals surface area contributed by atoms with Crippen molar-refractivity contribution in [3.8, 4) is 22.8 Å². The Labute approximate surface area is 134 Å². The lowest BCUT2D eigenvalue weighted by Gasteiger charge is -2.06. The van der Waals surface area contributed by atoms with Gasteiger partial charge >= 0.3 is 0 Å². The molecule has 23 heavy (non-hydrogen) atoms. The molecule has 3 aromatic rings. The third kappa shape index (κ3) is 4.11. The van der Waals surface area contributed by atoms with Crippen LogP contribution in [0.15, 0.2) is 65.2 Å². The number of ether oxygens (including phenoxy) is 2. The van der Waals surface area contributed by atoms with E-state index in [1.807, 2.05) is 30.3 Å². The Morgan fingerprint density at radius 2 is 1.61 bits per heavy atom. The highest BCUT2D eigenvalue weighted by Gasteiger charge is 2.06. The average molecular weight is 311 g/mol. The lowest BCUT2D eigenvalue weighted by Crippen LogP contribution is -2.01. The molecule has 0 amide bonds. The highest BCUT2D eigenvalue weighted by molar-refractivity contribution is 5.55. The zero-order chi connectivity index (χ0) is 15.9. The van der Waals surface area contributed by atoms with Crippen LogP contribution in [-0.4, -0.2) is 23.3 Å². The average Bonchev–Trinajstić information content (AvgIpc) is 3.09. The highest BCUT2D eigenvalue weighted by atomic mass is 16.5. The summed E-state index contributed by atoms with van der Waals surface area (Å²) >= 11 is 0. The number of rotatable bonds is 7. The van der Waals surface area contributed by atoms with Gasteiger partial charge in [-0.05, 0) is 24.3 Å². The third-order valence-electron chi connectivity index (χ3n) is 3.16. The molecule has 118 valence electrons. The first-order valence-electron chi connectivity index (χ1n) is 7.32. The molecule has 0 aliphatic rings. The molecule has 0 aliphatic carbocycles. The molecule has 1 heterocycles. The van der Waals surface area contributed by atoms with E-state index in [0.29, 0.717) is 17.4 Å². The Kier molecular flexibility index (Phi) is 4.91. The van der Waals surface area contributed by atoms with Crippen LogP contribution in [0.2, 0.25) is 0 Å². The molecule has 0 spiro atoms. The summed E-state index contributed by atoms with van der Waals surface area (Å²) in [5.74, 6) is 2.62. The van der Waals surface area contributed by atoms with Crippen LogP contribution in [0.1, 0.15) is 5.89 Å². The fourth-order valence-electron chi connectivity index (χ4n) is 2.05. The number of aliphatic hydroxyl groups excluding tert-OH is 1. The van der Waals surface area contributed by atoms with Gasteiger partial charge in [0.1, 0.15) is 18.1 Å². The topological polar surface area (TPSA) is 64.7 Å². The molecular formula is C18H17NO4. The Hall–Kier alpha value is -2.79. The molecule has 5 nitrogen and oxygen atoms in total. The maximum Gasteiger partial charge on any atom is 0.232 e. The Morgan fingerprint density at radius 3 is 2.30 bits per heavy atom. The molecule has 5 heteroatoms. The summed E-state index contributed by atoms with van der Waals surface area (Å²) in [6.07, 6.45) is 1.69. The van der Waals surface area contributed by atoms with Crippen LogP contribution >= 0.6 is 0 Å². The van der Waals surface area contributed by atoms with Crippen LogP contribution in [0.3, 0.4) is 0 Å². The van der Waals surface area contributed by atoms with Crippen LogP contribution < -0.4 is 9.47 Å². The van der Waals surface area contributed by atoms with Crippen molar-refractivity contribution in [1.82, 2.24) is 4.98 Å². The fraction of sp³-hybridized carbons (Fsp3) is 0.167. The first-order chi connectivity index (χ1) is 11.3. The number of aliphatic hydroxyl groups is 1. The van der Waals surface area contributed by atoms with E-state index in [9.17, 15) is 0 Å². The van der Waals surface area contributed by atoms with Crippen molar-refractivity contribution < 1.29 is 19.0 Å². The maximum absolute atomic E-state index is 8.71. The minimum absolute atomic E-state index is 0.00778. The van der Waals surface area contributed by atoms with Crippen molar-refractivity contribution in [2.24, 2.45) is 0 Å². The van der Waals surface area contributed by atoms with E-state index in [1.165, 1.54) is 0 Å².